The molecule has 3 aromatic rings. The molecule has 3 aliphatic rings. The minimum absolute atomic E-state index is 0.116. The van der Waals surface area contributed by atoms with Crippen molar-refractivity contribution in [3.05, 3.63) is 54.0 Å². The van der Waals surface area contributed by atoms with E-state index in [9.17, 15) is 0 Å². The molecule has 1 fully saturated rings. The lowest BCUT2D eigenvalue weighted by Gasteiger charge is -2.36. The monoisotopic (exact) mass is 516 g/mol. The summed E-state index contributed by atoms with van der Waals surface area (Å²) in [5.41, 5.74) is 5.29. The largest absolute Gasteiger partial charge is 0.388 e. The first kappa shape index (κ1) is 25.0. The molecule has 2 aromatic heterocycles. The first-order chi connectivity index (χ1) is 18.4. The van der Waals surface area contributed by atoms with E-state index in [4.69, 9.17) is 19.6 Å². The second-order valence-corrected chi connectivity index (χ2v) is 11.2. The van der Waals surface area contributed by atoms with Crippen LogP contribution in [0.1, 0.15) is 51.3 Å². The third-order valence-corrected chi connectivity index (χ3v) is 7.41. The van der Waals surface area contributed by atoms with E-state index < -0.39 is 0 Å². The Hall–Kier alpha value is -3.34. The zero-order chi connectivity index (χ0) is 26.3. The first-order valence-electron chi connectivity index (χ1n) is 13.4. The van der Waals surface area contributed by atoms with Crippen molar-refractivity contribution in [2.45, 2.75) is 59.3 Å². The summed E-state index contributed by atoms with van der Waals surface area (Å²) in [6.45, 7) is 13.3. The van der Waals surface area contributed by atoms with E-state index in [0.717, 1.165) is 62.1 Å². The fourth-order valence-corrected chi connectivity index (χ4v) is 5.16. The fraction of sp³-hybridized carbons (Fsp3) is 0.500. The maximum Gasteiger partial charge on any atom is 0.227 e. The molecular formula is C28H36N8O2. The number of nitrogens with zero attached hydrogens (tertiary/aromatic N) is 7. The minimum atomic E-state index is -0.116. The number of hydrogen-bond acceptors (Lipinski definition) is 9. The molecule has 0 saturated carbocycles. The zero-order valence-electron chi connectivity index (χ0n) is 22.6. The number of ether oxygens (including phenoxy) is 1. The van der Waals surface area contributed by atoms with Crippen LogP contribution in [0.25, 0.3) is 11.3 Å². The molecule has 0 aliphatic carbocycles. The van der Waals surface area contributed by atoms with E-state index in [1.165, 1.54) is 11.1 Å². The highest BCUT2D eigenvalue weighted by Crippen LogP contribution is 2.37. The topological polar surface area (TPSA) is 92.9 Å². The van der Waals surface area contributed by atoms with Crippen LogP contribution >= 0.6 is 0 Å². The highest BCUT2D eigenvalue weighted by Gasteiger charge is 2.37. The number of fused-ring (bicyclic) bond motifs is 1. The highest BCUT2D eigenvalue weighted by atomic mass is 16.7. The van der Waals surface area contributed by atoms with Crippen molar-refractivity contribution in [2.75, 3.05) is 31.7 Å². The van der Waals surface area contributed by atoms with Crippen LogP contribution in [0.2, 0.25) is 0 Å². The van der Waals surface area contributed by atoms with Gasteiger partial charge in [0.1, 0.15) is 6.67 Å². The lowest BCUT2D eigenvalue weighted by molar-refractivity contribution is -0.103. The lowest BCUT2D eigenvalue weighted by Crippen LogP contribution is -2.48. The molecule has 1 saturated heterocycles. The molecule has 0 bridgehead atoms. The van der Waals surface area contributed by atoms with Gasteiger partial charge in [0.05, 0.1) is 42.9 Å². The Balaban J connectivity index is 1.29. The average molecular weight is 517 g/mol. The van der Waals surface area contributed by atoms with Crippen molar-refractivity contribution >= 4 is 17.5 Å². The third-order valence-electron chi connectivity index (χ3n) is 7.41. The van der Waals surface area contributed by atoms with Crippen LogP contribution in [-0.4, -0.2) is 68.1 Å². The molecule has 6 rings (SSSR count). The predicted molar refractivity (Wildman–Crippen MR) is 146 cm³/mol. The van der Waals surface area contributed by atoms with Gasteiger partial charge >= 0.3 is 0 Å². The van der Waals surface area contributed by atoms with Gasteiger partial charge in [-0.25, -0.2) is 15.0 Å². The number of aliphatic imine (C=N–C) groups is 1. The Morgan fingerprint density at radius 3 is 2.74 bits per heavy atom. The summed E-state index contributed by atoms with van der Waals surface area (Å²) in [7, 11) is 0. The Bertz CT molecular complexity index is 1330. The predicted octanol–water partition coefficient (Wildman–Crippen LogP) is 4.40. The Morgan fingerprint density at radius 2 is 2.03 bits per heavy atom. The van der Waals surface area contributed by atoms with Gasteiger partial charge in [0.25, 0.3) is 0 Å². The van der Waals surface area contributed by atoms with Gasteiger partial charge in [-0.2, -0.15) is 5.10 Å². The van der Waals surface area contributed by atoms with Crippen molar-refractivity contribution < 1.29 is 9.57 Å². The van der Waals surface area contributed by atoms with Gasteiger partial charge < -0.3 is 14.9 Å². The van der Waals surface area contributed by atoms with Gasteiger partial charge in [-0.1, -0.05) is 32.9 Å². The summed E-state index contributed by atoms with van der Waals surface area (Å²) in [5.74, 6) is 1.35. The van der Waals surface area contributed by atoms with Crippen molar-refractivity contribution in [1.82, 2.24) is 29.7 Å². The van der Waals surface area contributed by atoms with Crippen molar-refractivity contribution in [3.63, 3.8) is 0 Å². The summed E-state index contributed by atoms with van der Waals surface area (Å²) in [4.78, 5) is 22.8. The van der Waals surface area contributed by atoms with Crippen LogP contribution in [0.5, 0.6) is 0 Å². The van der Waals surface area contributed by atoms with Gasteiger partial charge in [-0.15, -0.1) is 5.06 Å². The normalized spacial score (nSPS) is 20.8. The quantitative estimate of drug-likeness (QED) is 0.516. The van der Waals surface area contributed by atoms with Crippen molar-refractivity contribution in [2.24, 2.45) is 10.4 Å². The second-order valence-electron chi connectivity index (χ2n) is 11.2. The van der Waals surface area contributed by atoms with E-state index in [2.05, 4.69) is 71.3 Å². The minimum Gasteiger partial charge on any atom is -0.388 e. The maximum atomic E-state index is 6.32. The van der Waals surface area contributed by atoms with Crippen LogP contribution in [-0.2, 0) is 22.7 Å². The Morgan fingerprint density at radius 1 is 1.16 bits per heavy atom. The smallest absolute Gasteiger partial charge is 0.227 e. The van der Waals surface area contributed by atoms with Crippen LogP contribution in [0.3, 0.4) is 0 Å². The first-order valence-corrected chi connectivity index (χ1v) is 13.4. The van der Waals surface area contributed by atoms with Crippen LogP contribution in [0.15, 0.2) is 47.8 Å². The number of rotatable bonds is 6. The van der Waals surface area contributed by atoms with Gasteiger partial charge in [0.2, 0.25) is 11.8 Å². The van der Waals surface area contributed by atoms with Crippen LogP contribution in [0.4, 0.5) is 11.6 Å². The molecule has 10 heteroatoms. The van der Waals surface area contributed by atoms with E-state index >= 15 is 0 Å². The highest BCUT2D eigenvalue weighted by molar-refractivity contribution is 5.82. The third kappa shape index (κ3) is 5.03. The molecule has 1 unspecified atom stereocenters. The Labute approximate surface area is 223 Å². The molecule has 10 nitrogen and oxygen atoms in total. The number of aryl methyl sites for hydroxylation is 1. The maximum absolute atomic E-state index is 6.32. The zero-order valence-corrected chi connectivity index (χ0v) is 22.6. The summed E-state index contributed by atoms with van der Waals surface area (Å²) in [6.07, 6.45) is 6.51. The standard InChI is InChI=1S/C28H36N8O2/c1-5-35-15-21(13-31-35)32-27-29-10-8-24(33-27)19-6-7-23-20(12-19)14-34(22-16-37-17-22)11-9-25(23)36-18-30-26(38-36)28(2,3)4/h6-8,10,12-13,15,22,25H,5,9,11,14,16-18H2,1-4H3,(H,29,32,33). The van der Waals surface area contributed by atoms with Gasteiger partial charge in [-0.3, -0.25) is 9.58 Å². The SMILES string of the molecule is CCn1cc(Nc2nccc(-c3ccc4c(c3)CN(C3COC3)CCC4N3CN=C(C(C)(C)C)O3)n2)cn1. The lowest BCUT2D eigenvalue weighted by atomic mass is 9.96. The molecule has 1 N–H and O–H groups in total. The molecule has 0 amide bonds. The fourth-order valence-electron chi connectivity index (χ4n) is 5.16. The summed E-state index contributed by atoms with van der Waals surface area (Å²) in [6, 6.07) is 9.24. The number of hydrogen-bond donors (Lipinski definition) is 1. The Kier molecular flexibility index (Phi) is 6.63. The summed E-state index contributed by atoms with van der Waals surface area (Å²) >= 11 is 0. The molecule has 1 atom stereocenters. The molecule has 0 radical (unpaired) electrons. The second kappa shape index (κ2) is 10.1. The van der Waals surface area contributed by atoms with Crippen molar-refractivity contribution in [1.29, 1.82) is 0 Å². The van der Waals surface area contributed by atoms with E-state index in [1.54, 1.807) is 12.4 Å². The molecular weight excluding hydrogens is 480 g/mol. The molecule has 3 aliphatic heterocycles. The van der Waals surface area contributed by atoms with Crippen LogP contribution in [0, 0.1) is 5.41 Å². The molecule has 38 heavy (non-hydrogen) atoms. The average Bonchev–Trinajstić information content (AvgIpc) is 3.50. The van der Waals surface area contributed by atoms with E-state index in [1.807, 2.05) is 16.9 Å². The molecule has 200 valence electrons. The number of hydroxylamine groups is 2. The number of anilines is 2. The summed E-state index contributed by atoms with van der Waals surface area (Å²) < 4.78 is 7.40. The number of benzene rings is 1. The van der Waals surface area contributed by atoms with E-state index in [0.29, 0.717) is 18.7 Å². The molecule has 1 aromatic carbocycles. The van der Waals surface area contributed by atoms with Gasteiger partial charge in [0, 0.05) is 43.0 Å². The van der Waals surface area contributed by atoms with Crippen molar-refractivity contribution in [3.8, 4) is 11.3 Å². The van der Waals surface area contributed by atoms with Gasteiger partial charge in [0.15, 0.2) is 0 Å². The van der Waals surface area contributed by atoms with E-state index in [-0.39, 0.29) is 11.5 Å². The molecule has 5 heterocycles. The number of aromatic nitrogens is 4. The van der Waals surface area contributed by atoms with Gasteiger partial charge in [-0.05, 0) is 36.6 Å². The van der Waals surface area contributed by atoms with Crippen LogP contribution < -0.4 is 5.32 Å². The number of nitrogens with one attached hydrogen (secondary N) is 1. The molecule has 0 spiro atoms. The summed E-state index contributed by atoms with van der Waals surface area (Å²) in [5, 5.41) is 9.66.